The van der Waals surface area contributed by atoms with Crippen LogP contribution in [0.5, 0.6) is 11.5 Å². The molecule has 0 saturated carbocycles. The van der Waals surface area contributed by atoms with Crippen LogP contribution in [-0.4, -0.2) is 81.9 Å². The van der Waals surface area contributed by atoms with Crippen LogP contribution in [-0.2, 0) is 40.0 Å². The van der Waals surface area contributed by atoms with Crippen LogP contribution < -0.4 is 30.1 Å². The highest BCUT2D eigenvalue weighted by atomic mass is 16.5. The van der Waals surface area contributed by atoms with Crippen LogP contribution in [0.25, 0.3) is 5.57 Å². The molecule has 0 saturated heterocycles. The Morgan fingerprint density at radius 2 is 1.59 bits per heavy atom. The summed E-state index contributed by atoms with van der Waals surface area (Å²) in [4.78, 5) is 40.8. The molecule has 3 aromatic carbocycles. The zero-order valence-corrected chi connectivity index (χ0v) is 31.5. The number of fused-ring (bicyclic) bond motifs is 4. The molecule has 0 bridgehead atoms. The molecule has 0 unspecified atom stereocenters. The molecule has 8 rings (SSSR count). The number of ketones is 1. The second-order valence-corrected chi connectivity index (χ2v) is 15.3. The summed E-state index contributed by atoms with van der Waals surface area (Å²) in [6, 6.07) is 9.63. The lowest BCUT2D eigenvalue weighted by Crippen LogP contribution is -2.45. The van der Waals surface area contributed by atoms with Crippen molar-refractivity contribution in [1.29, 1.82) is 0 Å². The summed E-state index contributed by atoms with van der Waals surface area (Å²) in [5.74, 6) is 0.703. The Morgan fingerprint density at radius 3 is 2.41 bits per heavy atom. The largest absolute Gasteiger partial charge is 0.478 e. The number of carbonyl (C=O) groups excluding carboxylic acids is 2. The maximum Gasteiger partial charge on any atom is 0.336 e. The molecular formula is C44H52N3O7+. The van der Waals surface area contributed by atoms with Crippen molar-refractivity contribution in [3.05, 3.63) is 85.4 Å². The van der Waals surface area contributed by atoms with Crippen molar-refractivity contribution < 1.29 is 33.7 Å². The number of aryl methyl sites for hydroxylation is 2. The second-order valence-electron chi connectivity index (χ2n) is 15.3. The Hall–Kier alpha value is -4.54. The molecule has 0 aliphatic carbocycles. The fourth-order valence-electron chi connectivity index (χ4n) is 9.29. The van der Waals surface area contributed by atoms with Gasteiger partial charge in [0.1, 0.15) is 24.6 Å². The third-order valence-corrected chi connectivity index (χ3v) is 11.6. The number of amides is 1. The highest BCUT2D eigenvalue weighted by molar-refractivity contribution is 6.03. The summed E-state index contributed by atoms with van der Waals surface area (Å²) in [5, 5.41) is 15.7. The number of carboxylic acid groups (broad SMARTS) is 1. The summed E-state index contributed by atoms with van der Waals surface area (Å²) < 4.78 is 20.9. The zero-order chi connectivity index (χ0) is 37.2. The number of hydrogen-bond acceptors (Lipinski definition) is 7. The van der Waals surface area contributed by atoms with Gasteiger partial charge in [0.2, 0.25) is 11.3 Å². The van der Waals surface area contributed by atoms with Crippen LogP contribution in [0.3, 0.4) is 0 Å². The van der Waals surface area contributed by atoms with E-state index in [-0.39, 0.29) is 23.7 Å². The molecule has 54 heavy (non-hydrogen) atoms. The smallest absolute Gasteiger partial charge is 0.336 e. The first-order chi connectivity index (χ1) is 26.4. The standard InChI is InChI=1S/C44H51N3O7/c1-2-8-38(49)45-16-22-53-24-23-52-21-7-13-37(48)28-14-15-31(44(50)51)34(25-28)39-35-26-29-9-3-17-46-19-5-11-32(40(29)46)42(35)54-43-33-12-6-20-47-18-4-10-30(41(33)47)27-36(39)43/h14-15,25-27H,2-13,16-24H2,1H3,(H-,45,49,50,51)/p+1. The first kappa shape index (κ1) is 36.4. The van der Waals surface area contributed by atoms with E-state index in [0.717, 1.165) is 112 Å². The molecule has 5 aliphatic rings. The van der Waals surface area contributed by atoms with Gasteiger partial charge in [-0.2, -0.15) is 0 Å². The molecule has 1 amide bonds. The number of carboxylic acids is 1. The topological polar surface area (TPSA) is 117 Å². The summed E-state index contributed by atoms with van der Waals surface area (Å²) in [7, 11) is 0. The molecule has 0 fully saturated rings. The molecule has 0 radical (unpaired) electrons. The number of carbonyl (C=O) groups is 3. The molecule has 0 spiro atoms. The number of aromatic carboxylic acids is 1. The van der Waals surface area contributed by atoms with E-state index in [1.54, 1.807) is 12.1 Å². The maximum atomic E-state index is 13.7. The molecule has 0 aromatic heterocycles. The molecule has 3 aromatic rings. The van der Waals surface area contributed by atoms with E-state index in [0.29, 0.717) is 56.9 Å². The Balaban J connectivity index is 1.11. The van der Waals surface area contributed by atoms with Crippen molar-refractivity contribution in [2.45, 2.75) is 84.0 Å². The van der Waals surface area contributed by atoms with Gasteiger partial charge in [-0.25, -0.2) is 9.37 Å². The third-order valence-electron chi connectivity index (χ3n) is 11.6. The van der Waals surface area contributed by atoms with Gasteiger partial charge in [-0.15, -0.1) is 0 Å². The Kier molecular flexibility index (Phi) is 10.8. The monoisotopic (exact) mass is 734 g/mol. The predicted octanol–water partition coefficient (Wildman–Crippen LogP) is 4.73. The van der Waals surface area contributed by atoms with Gasteiger partial charge in [-0.05, 0) is 86.8 Å². The molecule has 5 aliphatic heterocycles. The van der Waals surface area contributed by atoms with Gasteiger partial charge < -0.3 is 29.5 Å². The van der Waals surface area contributed by atoms with E-state index < -0.39 is 5.97 Å². The molecule has 2 N–H and O–H groups in total. The van der Waals surface area contributed by atoms with E-state index in [4.69, 9.17) is 14.2 Å². The van der Waals surface area contributed by atoms with Gasteiger partial charge in [0.25, 0.3) is 0 Å². The molecule has 10 nitrogen and oxygen atoms in total. The lowest BCUT2D eigenvalue weighted by molar-refractivity contribution is -0.121. The fraction of sp³-hybridized carbons (Fsp3) is 0.500. The molecule has 284 valence electrons. The average molecular weight is 735 g/mol. The van der Waals surface area contributed by atoms with Gasteiger partial charge in [0.15, 0.2) is 5.78 Å². The lowest BCUT2D eigenvalue weighted by Gasteiger charge is -2.39. The Morgan fingerprint density at radius 1 is 0.833 bits per heavy atom. The summed E-state index contributed by atoms with van der Waals surface area (Å²) in [6.07, 6.45) is 10.2. The van der Waals surface area contributed by atoms with Gasteiger partial charge in [0, 0.05) is 90.7 Å². The van der Waals surface area contributed by atoms with Crippen molar-refractivity contribution in [3.63, 3.8) is 0 Å². The number of benzene rings is 3. The van der Waals surface area contributed by atoms with Gasteiger partial charge >= 0.3 is 5.97 Å². The van der Waals surface area contributed by atoms with Crippen molar-refractivity contribution in [2.75, 3.05) is 64.1 Å². The summed E-state index contributed by atoms with van der Waals surface area (Å²) >= 11 is 0. The van der Waals surface area contributed by atoms with Crippen LogP contribution in [0.4, 0.5) is 5.69 Å². The minimum Gasteiger partial charge on any atom is -0.478 e. The van der Waals surface area contributed by atoms with E-state index in [2.05, 4.69) is 26.9 Å². The maximum absolute atomic E-state index is 13.7. The Bertz CT molecular complexity index is 2120. The quantitative estimate of drug-likeness (QED) is 0.102. The minimum absolute atomic E-state index is 0.0341. The van der Waals surface area contributed by atoms with Crippen LogP contribution in [0.1, 0.15) is 112 Å². The van der Waals surface area contributed by atoms with Crippen LogP contribution in [0.15, 0.2) is 30.3 Å². The SMILES string of the molecule is CCCC(=O)NCCOCCOCCCC(=O)c1ccc(C(=O)O)c(C2=c3cc4c5c(c3Oc3c2cc2c6c3CCCN6CCC2)CCC[N+]=5CCC4)c1. The normalized spacial score (nSPS) is 16.5. The predicted molar refractivity (Wildman–Crippen MR) is 207 cm³/mol. The number of nitrogens with one attached hydrogen (secondary N) is 1. The minimum atomic E-state index is -1.01. The number of rotatable bonds is 15. The van der Waals surface area contributed by atoms with Crippen LogP contribution in [0, 0.1) is 0 Å². The van der Waals surface area contributed by atoms with Crippen LogP contribution in [0.2, 0.25) is 0 Å². The summed E-state index contributed by atoms with van der Waals surface area (Å²) in [5.41, 5.74) is 9.48. The van der Waals surface area contributed by atoms with Crippen molar-refractivity contribution in [3.8, 4) is 11.5 Å². The van der Waals surface area contributed by atoms with E-state index in [9.17, 15) is 19.5 Å². The highest BCUT2D eigenvalue weighted by Crippen LogP contribution is 2.49. The number of Topliss-reactive ketones (excluding diaryl/α,β-unsaturated/α-hetero) is 1. The lowest BCUT2D eigenvalue weighted by atomic mass is 9.81. The van der Waals surface area contributed by atoms with Gasteiger partial charge in [-0.1, -0.05) is 13.0 Å². The van der Waals surface area contributed by atoms with Crippen LogP contribution >= 0.6 is 0 Å². The molecular weight excluding hydrogens is 682 g/mol. The summed E-state index contributed by atoms with van der Waals surface area (Å²) in [6.45, 7) is 8.29. The third kappa shape index (κ3) is 7.06. The number of nitrogens with zero attached hydrogens (tertiary/aromatic N) is 2. The van der Waals surface area contributed by atoms with Gasteiger partial charge in [-0.3, -0.25) is 9.59 Å². The highest BCUT2D eigenvalue weighted by Gasteiger charge is 2.36. The van der Waals surface area contributed by atoms with E-state index in [1.165, 1.54) is 33.3 Å². The first-order valence-corrected chi connectivity index (χ1v) is 20.2. The van der Waals surface area contributed by atoms with Gasteiger partial charge in [0.05, 0.1) is 30.9 Å². The number of ether oxygens (including phenoxy) is 3. The number of anilines is 1. The average Bonchev–Trinajstić information content (AvgIpc) is 3.18. The van der Waals surface area contributed by atoms with Crippen molar-refractivity contribution >= 4 is 28.9 Å². The molecule has 5 heterocycles. The fourth-order valence-corrected chi connectivity index (χ4v) is 9.29. The molecule has 10 heteroatoms. The van der Waals surface area contributed by atoms with Crippen molar-refractivity contribution in [1.82, 2.24) is 9.89 Å². The van der Waals surface area contributed by atoms with E-state index >= 15 is 0 Å². The molecule has 0 atom stereocenters. The zero-order valence-electron chi connectivity index (χ0n) is 31.5. The number of hydrogen-bond donors (Lipinski definition) is 2. The first-order valence-electron chi connectivity index (χ1n) is 20.2. The Labute approximate surface area is 316 Å². The second kappa shape index (κ2) is 16.1. The van der Waals surface area contributed by atoms with E-state index in [1.807, 2.05) is 13.0 Å². The van der Waals surface area contributed by atoms with Crippen molar-refractivity contribution in [2.24, 2.45) is 0 Å².